The van der Waals surface area contributed by atoms with Gasteiger partial charge in [0.05, 0.1) is 22.5 Å². The number of alkyl halides is 3. The molecule has 0 fully saturated rings. The normalized spacial score (nSPS) is 12.6. The van der Waals surface area contributed by atoms with E-state index >= 15 is 0 Å². The topological polar surface area (TPSA) is 86.8 Å². The lowest BCUT2D eigenvalue weighted by atomic mass is 10.1. The fourth-order valence-electron chi connectivity index (χ4n) is 3.40. The smallest absolute Gasteiger partial charge is 0.354 e. The molecule has 13 heteroatoms. The molecule has 0 bridgehead atoms. The molecule has 2 amide bonds. The molecule has 0 spiro atoms. The Morgan fingerprint density at radius 1 is 1.14 bits per heavy atom. The van der Waals surface area contributed by atoms with E-state index in [1.807, 2.05) is 6.92 Å². The summed E-state index contributed by atoms with van der Waals surface area (Å²) in [5.74, 6) is -2.15. The molecular formula is C24H28ClF4N3O4S. The van der Waals surface area contributed by atoms with E-state index < -0.39 is 57.7 Å². The first kappa shape index (κ1) is 30.4. The van der Waals surface area contributed by atoms with Gasteiger partial charge in [-0.1, -0.05) is 43.1 Å². The number of benzene rings is 2. The molecule has 1 atom stereocenters. The van der Waals surface area contributed by atoms with Crippen LogP contribution in [0.4, 0.5) is 23.2 Å². The van der Waals surface area contributed by atoms with Crippen molar-refractivity contribution < 1.29 is 35.6 Å². The molecule has 204 valence electrons. The van der Waals surface area contributed by atoms with Gasteiger partial charge in [0.15, 0.2) is 0 Å². The van der Waals surface area contributed by atoms with Crippen LogP contribution in [0.3, 0.4) is 0 Å². The van der Waals surface area contributed by atoms with E-state index in [9.17, 15) is 35.6 Å². The number of hydrogen-bond acceptors (Lipinski definition) is 4. The molecule has 0 unspecified atom stereocenters. The Kier molecular flexibility index (Phi) is 10.3. The molecule has 2 aromatic rings. The lowest BCUT2D eigenvalue weighted by molar-refractivity contribution is -0.139. The van der Waals surface area contributed by atoms with Crippen molar-refractivity contribution in [2.75, 3.05) is 23.7 Å². The largest absolute Gasteiger partial charge is 0.416 e. The van der Waals surface area contributed by atoms with Crippen LogP contribution in [-0.4, -0.2) is 50.5 Å². The average Bonchev–Trinajstić information content (AvgIpc) is 2.80. The molecule has 2 aromatic carbocycles. The molecule has 37 heavy (non-hydrogen) atoms. The molecule has 0 radical (unpaired) electrons. The molecule has 7 nitrogen and oxygen atoms in total. The summed E-state index contributed by atoms with van der Waals surface area (Å²) >= 11 is 6.03. The number of rotatable bonds is 11. The number of carbonyl (C=O) groups excluding carboxylic acids is 2. The summed E-state index contributed by atoms with van der Waals surface area (Å²) in [6.45, 7) is 2.28. The van der Waals surface area contributed by atoms with Gasteiger partial charge in [-0.15, -0.1) is 0 Å². The van der Waals surface area contributed by atoms with Gasteiger partial charge in [-0.05, 0) is 37.6 Å². The number of halogens is 5. The molecule has 0 aliphatic rings. The van der Waals surface area contributed by atoms with E-state index in [1.54, 1.807) is 0 Å². The molecule has 2 rings (SSSR count). The van der Waals surface area contributed by atoms with Crippen molar-refractivity contribution in [1.29, 1.82) is 0 Å². The van der Waals surface area contributed by atoms with E-state index in [4.69, 9.17) is 11.6 Å². The summed E-state index contributed by atoms with van der Waals surface area (Å²) in [5, 5.41) is 2.33. The SMILES string of the molecule is CCCCNC(=O)[C@H](C)N(Cc1ccccc1F)C(=O)CN(c1cc(C(F)(F)F)ccc1Cl)S(C)(=O)=O. The van der Waals surface area contributed by atoms with Crippen molar-refractivity contribution in [3.05, 3.63) is 64.4 Å². The zero-order chi connectivity index (χ0) is 28.0. The number of sulfonamides is 1. The minimum absolute atomic E-state index is 0.0621. The fourth-order valence-corrected chi connectivity index (χ4v) is 4.53. The van der Waals surface area contributed by atoms with Gasteiger partial charge in [-0.25, -0.2) is 12.8 Å². The summed E-state index contributed by atoms with van der Waals surface area (Å²) in [4.78, 5) is 27.1. The van der Waals surface area contributed by atoms with E-state index in [0.29, 0.717) is 35.7 Å². The van der Waals surface area contributed by atoms with Gasteiger partial charge in [0, 0.05) is 18.7 Å². The highest BCUT2D eigenvalue weighted by atomic mass is 35.5. The molecule has 0 saturated heterocycles. The maximum atomic E-state index is 14.4. The number of nitrogens with zero attached hydrogens (tertiary/aromatic N) is 2. The Balaban J connectivity index is 2.48. The van der Waals surface area contributed by atoms with Gasteiger partial charge in [0.25, 0.3) is 0 Å². The van der Waals surface area contributed by atoms with Gasteiger partial charge < -0.3 is 10.2 Å². The molecule has 0 saturated carbocycles. The van der Waals surface area contributed by atoms with Crippen molar-refractivity contribution in [3.63, 3.8) is 0 Å². The van der Waals surface area contributed by atoms with Crippen molar-refractivity contribution >= 4 is 39.1 Å². The first-order chi connectivity index (χ1) is 17.2. The average molecular weight is 566 g/mol. The standard InChI is InChI=1S/C24H28ClF4N3O4S/c1-4-5-12-30-23(34)16(2)31(14-17-8-6-7-9-20(17)26)22(33)15-32(37(3,35)36)21-13-18(24(27,28)29)10-11-19(21)25/h6-11,13,16H,4-5,12,14-15H2,1-3H3,(H,30,34)/t16-/m0/s1. The van der Waals surface area contributed by atoms with Crippen LogP contribution < -0.4 is 9.62 Å². The molecule has 0 aromatic heterocycles. The lowest BCUT2D eigenvalue weighted by Crippen LogP contribution is -2.51. The van der Waals surface area contributed by atoms with Crippen molar-refractivity contribution in [3.8, 4) is 0 Å². The van der Waals surface area contributed by atoms with Gasteiger partial charge in [0.2, 0.25) is 21.8 Å². The number of amides is 2. The van der Waals surface area contributed by atoms with E-state index in [1.165, 1.54) is 25.1 Å². The molecular weight excluding hydrogens is 538 g/mol. The first-order valence-electron chi connectivity index (χ1n) is 11.3. The predicted octanol–water partition coefficient (Wildman–Crippen LogP) is 4.60. The lowest BCUT2D eigenvalue weighted by Gasteiger charge is -2.32. The summed E-state index contributed by atoms with van der Waals surface area (Å²) in [6.07, 6.45) is -2.61. The predicted molar refractivity (Wildman–Crippen MR) is 133 cm³/mol. The second-order valence-corrected chi connectivity index (χ2v) is 10.7. The highest BCUT2D eigenvalue weighted by molar-refractivity contribution is 7.92. The van der Waals surface area contributed by atoms with E-state index in [0.717, 1.165) is 23.5 Å². The van der Waals surface area contributed by atoms with Crippen LogP contribution in [0.25, 0.3) is 0 Å². The zero-order valence-electron chi connectivity index (χ0n) is 20.5. The van der Waals surface area contributed by atoms with Crippen molar-refractivity contribution in [2.24, 2.45) is 0 Å². The summed E-state index contributed by atoms with van der Waals surface area (Å²) < 4.78 is 79.8. The Morgan fingerprint density at radius 2 is 1.78 bits per heavy atom. The van der Waals surface area contributed by atoms with Gasteiger partial charge >= 0.3 is 6.18 Å². The second kappa shape index (κ2) is 12.6. The zero-order valence-corrected chi connectivity index (χ0v) is 22.1. The van der Waals surface area contributed by atoms with E-state index in [2.05, 4.69) is 5.32 Å². The highest BCUT2D eigenvalue weighted by Crippen LogP contribution is 2.36. The van der Waals surface area contributed by atoms with Crippen LogP contribution in [0.5, 0.6) is 0 Å². The highest BCUT2D eigenvalue weighted by Gasteiger charge is 2.34. The fraction of sp³-hybridized carbons (Fsp3) is 0.417. The van der Waals surface area contributed by atoms with Crippen LogP contribution in [0.2, 0.25) is 5.02 Å². The summed E-state index contributed by atoms with van der Waals surface area (Å²) in [6, 6.07) is 6.46. The number of carbonyl (C=O) groups is 2. The van der Waals surface area contributed by atoms with Crippen LogP contribution in [0.15, 0.2) is 42.5 Å². The third-order valence-corrected chi connectivity index (χ3v) is 6.96. The summed E-state index contributed by atoms with van der Waals surface area (Å²) in [7, 11) is -4.32. The quantitative estimate of drug-likeness (QED) is 0.319. The maximum absolute atomic E-state index is 14.4. The molecule has 0 aliphatic carbocycles. The minimum atomic E-state index is -4.80. The molecule has 0 aliphatic heterocycles. The monoisotopic (exact) mass is 565 g/mol. The van der Waals surface area contributed by atoms with Gasteiger partial charge in [-0.3, -0.25) is 13.9 Å². The minimum Gasteiger partial charge on any atom is -0.354 e. The summed E-state index contributed by atoms with van der Waals surface area (Å²) in [5.41, 5.74) is -1.66. The Bertz CT molecular complexity index is 1220. The van der Waals surface area contributed by atoms with Gasteiger partial charge in [-0.2, -0.15) is 13.2 Å². The first-order valence-corrected chi connectivity index (χ1v) is 13.5. The maximum Gasteiger partial charge on any atom is 0.416 e. The van der Waals surface area contributed by atoms with Crippen molar-refractivity contribution in [1.82, 2.24) is 10.2 Å². The number of anilines is 1. The van der Waals surface area contributed by atoms with Crippen LogP contribution in [0, 0.1) is 5.82 Å². The van der Waals surface area contributed by atoms with Crippen LogP contribution >= 0.6 is 11.6 Å². The molecule has 1 N–H and O–H groups in total. The Hall–Kier alpha value is -2.86. The Morgan fingerprint density at radius 3 is 2.35 bits per heavy atom. The van der Waals surface area contributed by atoms with Crippen LogP contribution in [-0.2, 0) is 32.3 Å². The number of nitrogens with one attached hydrogen (secondary N) is 1. The van der Waals surface area contributed by atoms with E-state index in [-0.39, 0.29) is 17.1 Å². The third kappa shape index (κ3) is 8.32. The molecule has 0 heterocycles. The third-order valence-electron chi connectivity index (χ3n) is 5.52. The van der Waals surface area contributed by atoms with Crippen molar-refractivity contribution in [2.45, 2.75) is 45.5 Å². The van der Waals surface area contributed by atoms with Gasteiger partial charge in [0.1, 0.15) is 18.4 Å². The number of hydrogen-bond donors (Lipinski definition) is 1. The Labute approximate surface area is 218 Å². The number of unbranched alkanes of at least 4 members (excludes halogenated alkanes) is 1. The second-order valence-electron chi connectivity index (χ2n) is 8.37. The van der Waals surface area contributed by atoms with Crippen LogP contribution in [0.1, 0.15) is 37.8 Å².